The van der Waals surface area contributed by atoms with Gasteiger partial charge in [0.25, 0.3) is 0 Å². The van der Waals surface area contributed by atoms with Crippen LogP contribution in [0.15, 0.2) is 6.07 Å². The Hall–Kier alpha value is -0.830. The summed E-state index contributed by atoms with van der Waals surface area (Å²) in [6.07, 6.45) is 1.01. The van der Waals surface area contributed by atoms with Crippen molar-refractivity contribution in [2.75, 3.05) is 6.61 Å². The first-order valence-corrected chi connectivity index (χ1v) is 6.34. The third-order valence-electron chi connectivity index (χ3n) is 2.29. The lowest BCUT2D eigenvalue weighted by Crippen LogP contribution is -2.17. The fourth-order valence-electron chi connectivity index (χ4n) is 1.21. The van der Waals surface area contributed by atoms with Gasteiger partial charge in [-0.15, -0.1) is 0 Å². The van der Waals surface area contributed by atoms with Crippen molar-refractivity contribution in [3.8, 4) is 5.88 Å². The molecule has 0 unspecified atom stereocenters. The molecular formula is C13H21ClN2O. The Labute approximate surface area is 109 Å². The van der Waals surface area contributed by atoms with E-state index in [1.165, 1.54) is 0 Å². The number of rotatable bonds is 4. The summed E-state index contributed by atoms with van der Waals surface area (Å²) in [5.74, 6) is 1.90. The van der Waals surface area contributed by atoms with E-state index in [9.17, 15) is 0 Å². The summed E-state index contributed by atoms with van der Waals surface area (Å²) in [7, 11) is 0. The topological polar surface area (TPSA) is 35.0 Å². The van der Waals surface area contributed by atoms with Crippen LogP contribution in [0.3, 0.4) is 0 Å². The fraction of sp³-hybridized carbons (Fsp3) is 0.692. The highest BCUT2D eigenvalue weighted by molar-refractivity contribution is 6.29. The highest BCUT2D eigenvalue weighted by atomic mass is 35.5. The van der Waals surface area contributed by atoms with E-state index >= 15 is 0 Å². The molecular weight excluding hydrogens is 236 g/mol. The molecule has 0 N–H and O–H groups in total. The Morgan fingerprint density at radius 3 is 2.47 bits per heavy atom. The van der Waals surface area contributed by atoms with Crippen LogP contribution in [0.5, 0.6) is 5.88 Å². The smallest absolute Gasteiger partial charge is 0.218 e. The van der Waals surface area contributed by atoms with Crippen molar-refractivity contribution in [3.05, 3.63) is 17.0 Å². The Balaban J connectivity index is 2.76. The fourth-order valence-corrected chi connectivity index (χ4v) is 1.38. The number of aromatic nitrogens is 2. The molecule has 0 radical (unpaired) electrons. The van der Waals surface area contributed by atoms with Gasteiger partial charge >= 0.3 is 0 Å². The average Bonchev–Trinajstić information content (AvgIpc) is 2.14. The largest absolute Gasteiger partial charge is 0.478 e. The van der Waals surface area contributed by atoms with E-state index in [0.717, 1.165) is 6.42 Å². The maximum atomic E-state index is 5.97. The first kappa shape index (κ1) is 14.2. The van der Waals surface area contributed by atoms with E-state index in [1.54, 1.807) is 6.07 Å². The summed E-state index contributed by atoms with van der Waals surface area (Å²) in [5.41, 5.74) is -0.124. The van der Waals surface area contributed by atoms with Crippen LogP contribution in [-0.2, 0) is 5.41 Å². The van der Waals surface area contributed by atoms with Gasteiger partial charge in [-0.05, 0) is 12.3 Å². The summed E-state index contributed by atoms with van der Waals surface area (Å²) < 4.78 is 5.60. The first-order chi connectivity index (χ1) is 7.79. The predicted molar refractivity (Wildman–Crippen MR) is 70.7 cm³/mol. The minimum atomic E-state index is -0.124. The molecule has 3 nitrogen and oxygen atoms in total. The zero-order valence-electron chi connectivity index (χ0n) is 11.2. The highest BCUT2D eigenvalue weighted by Crippen LogP contribution is 2.23. The van der Waals surface area contributed by atoms with E-state index in [4.69, 9.17) is 16.3 Å². The summed E-state index contributed by atoms with van der Waals surface area (Å²) >= 11 is 5.97. The second kappa shape index (κ2) is 5.67. The first-order valence-electron chi connectivity index (χ1n) is 5.97. The third-order valence-corrected chi connectivity index (χ3v) is 2.48. The molecule has 1 rings (SSSR count). The van der Waals surface area contributed by atoms with Crippen molar-refractivity contribution in [3.63, 3.8) is 0 Å². The molecule has 0 saturated carbocycles. The van der Waals surface area contributed by atoms with Crippen molar-refractivity contribution < 1.29 is 4.74 Å². The maximum Gasteiger partial charge on any atom is 0.218 e. The second-order valence-corrected chi connectivity index (χ2v) is 6.02. The van der Waals surface area contributed by atoms with Gasteiger partial charge in [-0.3, -0.25) is 0 Å². The van der Waals surface area contributed by atoms with Gasteiger partial charge in [0.1, 0.15) is 11.0 Å². The van der Waals surface area contributed by atoms with Gasteiger partial charge in [0.05, 0.1) is 6.61 Å². The van der Waals surface area contributed by atoms with E-state index in [-0.39, 0.29) is 5.41 Å². The minimum absolute atomic E-state index is 0.124. The zero-order chi connectivity index (χ0) is 13.1. The second-order valence-electron chi connectivity index (χ2n) is 5.63. The van der Waals surface area contributed by atoms with E-state index < -0.39 is 0 Å². The summed E-state index contributed by atoms with van der Waals surface area (Å²) in [4.78, 5) is 8.61. The molecule has 0 saturated heterocycles. The van der Waals surface area contributed by atoms with E-state index in [2.05, 4.69) is 44.6 Å². The summed E-state index contributed by atoms with van der Waals surface area (Å²) in [6, 6.07) is 1.66. The van der Waals surface area contributed by atoms with Crippen LogP contribution in [0.25, 0.3) is 0 Å². The third kappa shape index (κ3) is 4.90. The van der Waals surface area contributed by atoms with Crippen molar-refractivity contribution in [2.24, 2.45) is 5.92 Å². The van der Waals surface area contributed by atoms with Crippen LogP contribution in [0.1, 0.15) is 46.9 Å². The van der Waals surface area contributed by atoms with Crippen molar-refractivity contribution in [2.45, 2.75) is 46.5 Å². The standard InChI is InChI=1S/C13H21ClN2O/c1-9(2)6-7-17-11-8-10(14)15-12(16-11)13(3,4)5/h8-9H,6-7H2,1-5H3. The Morgan fingerprint density at radius 1 is 1.29 bits per heavy atom. The maximum absolute atomic E-state index is 5.97. The molecule has 1 aromatic heterocycles. The van der Waals surface area contributed by atoms with Gasteiger partial charge < -0.3 is 4.74 Å². The Bertz CT molecular complexity index is 372. The molecule has 0 aliphatic carbocycles. The number of ether oxygens (including phenoxy) is 1. The Morgan fingerprint density at radius 2 is 1.94 bits per heavy atom. The summed E-state index contributed by atoms with van der Waals surface area (Å²) in [5, 5.41) is 0.435. The lowest BCUT2D eigenvalue weighted by molar-refractivity contribution is 0.276. The molecule has 1 aromatic rings. The van der Waals surface area contributed by atoms with E-state index in [0.29, 0.717) is 29.4 Å². The number of nitrogens with zero attached hydrogens (tertiary/aromatic N) is 2. The molecule has 0 bridgehead atoms. The SMILES string of the molecule is CC(C)CCOc1cc(Cl)nc(C(C)(C)C)n1. The molecule has 0 aliphatic heterocycles. The lowest BCUT2D eigenvalue weighted by atomic mass is 9.96. The van der Waals surface area contributed by atoms with Gasteiger partial charge in [0.15, 0.2) is 0 Å². The minimum Gasteiger partial charge on any atom is -0.478 e. The zero-order valence-corrected chi connectivity index (χ0v) is 12.0. The summed E-state index contributed by atoms with van der Waals surface area (Å²) in [6.45, 7) is 11.1. The van der Waals surface area contributed by atoms with Crippen molar-refractivity contribution >= 4 is 11.6 Å². The van der Waals surface area contributed by atoms with Crippen LogP contribution >= 0.6 is 11.6 Å². The van der Waals surface area contributed by atoms with Crippen LogP contribution in [0.2, 0.25) is 5.15 Å². The molecule has 96 valence electrons. The molecule has 0 aliphatic rings. The molecule has 0 aromatic carbocycles. The van der Waals surface area contributed by atoms with Gasteiger partial charge in [0.2, 0.25) is 5.88 Å². The number of hydrogen-bond donors (Lipinski definition) is 0. The van der Waals surface area contributed by atoms with E-state index in [1.807, 2.05) is 0 Å². The monoisotopic (exact) mass is 256 g/mol. The normalized spacial score (nSPS) is 11.9. The Kier molecular flexibility index (Phi) is 4.75. The highest BCUT2D eigenvalue weighted by Gasteiger charge is 2.19. The van der Waals surface area contributed by atoms with Crippen LogP contribution in [0.4, 0.5) is 0 Å². The van der Waals surface area contributed by atoms with Gasteiger partial charge in [-0.1, -0.05) is 46.2 Å². The van der Waals surface area contributed by atoms with Gasteiger partial charge in [-0.2, -0.15) is 4.98 Å². The van der Waals surface area contributed by atoms with Gasteiger partial charge in [0, 0.05) is 11.5 Å². The molecule has 0 spiro atoms. The van der Waals surface area contributed by atoms with Gasteiger partial charge in [-0.25, -0.2) is 4.98 Å². The predicted octanol–water partition coefficient (Wildman–Crippen LogP) is 3.85. The molecule has 0 atom stereocenters. The van der Waals surface area contributed by atoms with Crippen LogP contribution in [0, 0.1) is 5.92 Å². The molecule has 0 amide bonds. The quantitative estimate of drug-likeness (QED) is 0.768. The molecule has 17 heavy (non-hydrogen) atoms. The molecule has 1 heterocycles. The van der Waals surface area contributed by atoms with Crippen LogP contribution in [-0.4, -0.2) is 16.6 Å². The van der Waals surface area contributed by atoms with Crippen LogP contribution < -0.4 is 4.74 Å². The number of halogens is 1. The average molecular weight is 257 g/mol. The number of hydrogen-bond acceptors (Lipinski definition) is 3. The van der Waals surface area contributed by atoms with Crippen molar-refractivity contribution in [1.29, 1.82) is 0 Å². The molecule has 0 fully saturated rings. The van der Waals surface area contributed by atoms with Crippen molar-refractivity contribution in [1.82, 2.24) is 9.97 Å². The lowest BCUT2D eigenvalue weighted by Gasteiger charge is -2.17. The molecule has 4 heteroatoms.